The molecule has 0 saturated heterocycles. The number of hydrogen-bond acceptors (Lipinski definition) is 3. The number of aromatic nitrogens is 2. The van der Waals surface area contributed by atoms with E-state index in [0.717, 1.165) is 30.0 Å². The molecular formula is C12H24N4. The Labute approximate surface area is 98.2 Å². The van der Waals surface area contributed by atoms with E-state index < -0.39 is 0 Å². The van der Waals surface area contributed by atoms with Gasteiger partial charge in [-0.3, -0.25) is 4.68 Å². The lowest BCUT2D eigenvalue weighted by Gasteiger charge is -2.21. The minimum absolute atomic E-state index is 0.410. The molecule has 0 aliphatic carbocycles. The highest BCUT2D eigenvalue weighted by Crippen LogP contribution is 2.24. The van der Waals surface area contributed by atoms with Crippen LogP contribution in [-0.2, 0) is 13.5 Å². The average molecular weight is 224 g/mol. The van der Waals surface area contributed by atoms with Crippen LogP contribution in [0.15, 0.2) is 0 Å². The average Bonchev–Trinajstić information content (AvgIpc) is 2.55. The van der Waals surface area contributed by atoms with E-state index >= 15 is 0 Å². The van der Waals surface area contributed by atoms with Crippen LogP contribution in [0.25, 0.3) is 0 Å². The zero-order valence-electron chi connectivity index (χ0n) is 11.0. The number of nitrogens with one attached hydrogen (secondary N) is 1. The molecule has 4 nitrogen and oxygen atoms in total. The van der Waals surface area contributed by atoms with Crippen molar-refractivity contribution >= 4 is 11.5 Å². The first-order valence-electron chi connectivity index (χ1n) is 6.09. The third-order valence-corrected chi connectivity index (χ3v) is 3.36. The molecule has 1 aromatic rings. The zero-order valence-corrected chi connectivity index (χ0v) is 11.0. The third-order valence-electron chi connectivity index (χ3n) is 3.36. The summed E-state index contributed by atoms with van der Waals surface area (Å²) in [7, 11) is 1.93. The molecule has 92 valence electrons. The predicted octanol–water partition coefficient (Wildman–Crippen LogP) is 2.41. The molecule has 2 atom stereocenters. The topological polar surface area (TPSA) is 55.9 Å². The first kappa shape index (κ1) is 12.9. The lowest BCUT2D eigenvalue weighted by atomic mass is 10.0. The van der Waals surface area contributed by atoms with Gasteiger partial charge in [0.15, 0.2) is 0 Å². The number of rotatable bonds is 5. The van der Waals surface area contributed by atoms with E-state index in [4.69, 9.17) is 5.73 Å². The first-order chi connectivity index (χ1) is 7.51. The van der Waals surface area contributed by atoms with Gasteiger partial charge in [-0.2, -0.15) is 5.10 Å². The second-order valence-electron chi connectivity index (χ2n) is 4.50. The lowest BCUT2D eigenvalue weighted by molar-refractivity contribution is 0.491. The van der Waals surface area contributed by atoms with E-state index in [-0.39, 0.29) is 0 Å². The van der Waals surface area contributed by atoms with Crippen molar-refractivity contribution in [2.45, 2.75) is 46.6 Å². The number of aryl methyl sites for hydroxylation is 2. The fraction of sp³-hybridized carbons (Fsp3) is 0.750. The Hall–Kier alpha value is -1.19. The van der Waals surface area contributed by atoms with E-state index in [2.05, 4.69) is 38.1 Å². The Morgan fingerprint density at radius 3 is 2.44 bits per heavy atom. The molecule has 0 aromatic carbocycles. The van der Waals surface area contributed by atoms with Crippen molar-refractivity contribution < 1.29 is 0 Å². The molecule has 0 fully saturated rings. The van der Waals surface area contributed by atoms with Crippen molar-refractivity contribution in [1.29, 1.82) is 0 Å². The van der Waals surface area contributed by atoms with E-state index in [1.54, 1.807) is 0 Å². The van der Waals surface area contributed by atoms with Crippen molar-refractivity contribution in [2.75, 3.05) is 11.1 Å². The molecular weight excluding hydrogens is 200 g/mol. The van der Waals surface area contributed by atoms with Crippen LogP contribution >= 0.6 is 0 Å². The molecule has 0 saturated carbocycles. The van der Waals surface area contributed by atoms with E-state index in [1.807, 2.05) is 11.7 Å². The number of nitrogen functional groups attached to an aromatic ring is 1. The second-order valence-corrected chi connectivity index (χ2v) is 4.50. The van der Waals surface area contributed by atoms with Gasteiger partial charge in [0, 0.05) is 13.1 Å². The van der Waals surface area contributed by atoms with Gasteiger partial charge in [-0.05, 0) is 19.3 Å². The molecule has 0 aliphatic heterocycles. The molecule has 3 N–H and O–H groups in total. The number of nitrogens with two attached hydrogens (primary N) is 1. The van der Waals surface area contributed by atoms with E-state index in [9.17, 15) is 0 Å². The standard InChI is InChI=1S/C12H24N4/c1-6-8(3)9(4)14-12-11(13)10(7-2)15-16(12)5/h8-9,14H,6-7,13H2,1-5H3. The normalized spacial score (nSPS) is 14.8. The van der Waals surface area contributed by atoms with Crippen LogP contribution in [-0.4, -0.2) is 15.8 Å². The summed E-state index contributed by atoms with van der Waals surface area (Å²) in [6.45, 7) is 8.70. The van der Waals surface area contributed by atoms with Crippen molar-refractivity contribution in [3.63, 3.8) is 0 Å². The highest BCUT2D eigenvalue weighted by molar-refractivity contribution is 5.65. The predicted molar refractivity (Wildman–Crippen MR) is 69.5 cm³/mol. The van der Waals surface area contributed by atoms with Gasteiger partial charge >= 0.3 is 0 Å². The highest BCUT2D eigenvalue weighted by Gasteiger charge is 2.16. The Morgan fingerprint density at radius 2 is 2.00 bits per heavy atom. The summed E-state index contributed by atoms with van der Waals surface area (Å²) in [5.74, 6) is 1.57. The zero-order chi connectivity index (χ0) is 12.3. The molecule has 16 heavy (non-hydrogen) atoms. The number of hydrogen-bond donors (Lipinski definition) is 2. The molecule has 0 aliphatic rings. The van der Waals surface area contributed by atoms with Crippen molar-refractivity contribution in [3.05, 3.63) is 5.69 Å². The molecule has 1 rings (SSSR count). The third kappa shape index (κ3) is 2.49. The Balaban J connectivity index is 2.84. The van der Waals surface area contributed by atoms with Gasteiger partial charge in [-0.1, -0.05) is 27.2 Å². The molecule has 0 spiro atoms. The minimum atomic E-state index is 0.410. The van der Waals surface area contributed by atoms with Crippen LogP contribution in [0.1, 0.15) is 39.8 Å². The van der Waals surface area contributed by atoms with Gasteiger partial charge in [0.05, 0.1) is 11.4 Å². The van der Waals surface area contributed by atoms with Crippen molar-refractivity contribution in [3.8, 4) is 0 Å². The van der Waals surface area contributed by atoms with Gasteiger partial charge in [0.25, 0.3) is 0 Å². The number of anilines is 2. The molecule has 1 aromatic heterocycles. The van der Waals surface area contributed by atoms with Crippen molar-refractivity contribution in [1.82, 2.24) is 9.78 Å². The van der Waals surface area contributed by atoms with Crippen LogP contribution in [0.5, 0.6) is 0 Å². The molecule has 0 amide bonds. The second kappa shape index (κ2) is 5.23. The van der Waals surface area contributed by atoms with E-state index in [0.29, 0.717) is 12.0 Å². The van der Waals surface area contributed by atoms with Crippen LogP contribution in [0.2, 0.25) is 0 Å². The fourth-order valence-corrected chi connectivity index (χ4v) is 1.74. The first-order valence-corrected chi connectivity index (χ1v) is 6.09. The summed E-state index contributed by atoms with van der Waals surface area (Å²) < 4.78 is 1.84. The molecule has 0 radical (unpaired) electrons. The highest BCUT2D eigenvalue weighted by atomic mass is 15.3. The summed E-state index contributed by atoms with van der Waals surface area (Å²) in [5, 5.41) is 7.86. The maximum absolute atomic E-state index is 6.06. The van der Waals surface area contributed by atoms with Gasteiger partial charge < -0.3 is 11.1 Å². The summed E-state index contributed by atoms with van der Waals surface area (Å²) in [6.07, 6.45) is 2.03. The van der Waals surface area contributed by atoms with Crippen LogP contribution in [0.4, 0.5) is 11.5 Å². The summed E-state index contributed by atoms with van der Waals surface area (Å²) in [5.41, 5.74) is 7.82. The molecule has 0 bridgehead atoms. The maximum atomic E-state index is 6.06. The van der Waals surface area contributed by atoms with E-state index in [1.165, 1.54) is 0 Å². The Kier molecular flexibility index (Phi) is 4.21. The van der Waals surface area contributed by atoms with Gasteiger partial charge in [0.2, 0.25) is 0 Å². The minimum Gasteiger partial charge on any atom is -0.394 e. The maximum Gasteiger partial charge on any atom is 0.147 e. The van der Waals surface area contributed by atoms with Gasteiger partial charge in [-0.25, -0.2) is 0 Å². The largest absolute Gasteiger partial charge is 0.394 e. The van der Waals surface area contributed by atoms with Crippen LogP contribution in [0, 0.1) is 5.92 Å². The van der Waals surface area contributed by atoms with Gasteiger partial charge in [-0.15, -0.1) is 0 Å². The molecule has 4 heteroatoms. The monoisotopic (exact) mass is 224 g/mol. The van der Waals surface area contributed by atoms with Crippen molar-refractivity contribution in [2.24, 2.45) is 13.0 Å². The summed E-state index contributed by atoms with van der Waals surface area (Å²) in [6, 6.07) is 0.410. The SMILES string of the molecule is CCc1nn(C)c(NC(C)C(C)CC)c1N. The molecule has 1 heterocycles. The Bertz CT molecular complexity index is 343. The van der Waals surface area contributed by atoms with Crippen LogP contribution in [0.3, 0.4) is 0 Å². The summed E-state index contributed by atoms with van der Waals surface area (Å²) >= 11 is 0. The van der Waals surface area contributed by atoms with Crippen LogP contribution < -0.4 is 11.1 Å². The van der Waals surface area contributed by atoms with Gasteiger partial charge in [0.1, 0.15) is 5.82 Å². The smallest absolute Gasteiger partial charge is 0.147 e. The lowest BCUT2D eigenvalue weighted by Crippen LogP contribution is -2.25. The summed E-state index contributed by atoms with van der Waals surface area (Å²) in [4.78, 5) is 0. The molecule has 2 unspecified atom stereocenters. The number of nitrogens with zero attached hydrogens (tertiary/aromatic N) is 2. The quantitative estimate of drug-likeness (QED) is 0.807. The fourth-order valence-electron chi connectivity index (χ4n) is 1.74. The Morgan fingerprint density at radius 1 is 1.38 bits per heavy atom.